The summed E-state index contributed by atoms with van der Waals surface area (Å²) in [5.74, 6) is 0.791. The second kappa shape index (κ2) is 7.10. The molecule has 0 saturated heterocycles. The highest BCUT2D eigenvalue weighted by atomic mass is 79.9. The van der Waals surface area contributed by atoms with Crippen molar-refractivity contribution < 1.29 is 4.74 Å². The lowest BCUT2D eigenvalue weighted by molar-refractivity contribution is 0.338. The van der Waals surface area contributed by atoms with Gasteiger partial charge in [0.1, 0.15) is 5.75 Å². The number of rotatable bonds is 4. The van der Waals surface area contributed by atoms with Crippen molar-refractivity contribution in [3.8, 4) is 5.75 Å². The maximum atomic E-state index is 5.63. The molecule has 2 rings (SSSR count). The van der Waals surface area contributed by atoms with Crippen molar-refractivity contribution in [3.63, 3.8) is 0 Å². The van der Waals surface area contributed by atoms with E-state index in [9.17, 15) is 0 Å². The Morgan fingerprint density at radius 3 is 2.45 bits per heavy atom. The van der Waals surface area contributed by atoms with Crippen LogP contribution in [0.3, 0.4) is 0 Å². The average molecular weight is 360 g/mol. The van der Waals surface area contributed by atoms with Crippen LogP contribution in [0, 0.1) is 0 Å². The van der Waals surface area contributed by atoms with Gasteiger partial charge in [-0.25, -0.2) is 0 Å². The molecule has 0 radical (unpaired) electrons. The summed E-state index contributed by atoms with van der Waals surface area (Å²) < 4.78 is 6.61. The van der Waals surface area contributed by atoms with Crippen LogP contribution in [0.5, 0.6) is 5.75 Å². The lowest BCUT2D eigenvalue weighted by Crippen LogP contribution is -2.10. The van der Waals surface area contributed by atoms with Gasteiger partial charge in [-0.2, -0.15) is 0 Å². The molecule has 0 aliphatic carbocycles. The third-order valence-corrected chi connectivity index (χ3v) is 4.07. The quantitative estimate of drug-likeness (QED) is 0.701. The summed E-state index contributed by atoms with van der Waals surface area (Å²) in [6, 6.07) is 10.6. The number of aromatic nitrogens is 1. The average Bonchev–Trinajstić information content (AvgIpc) is 2.47. The largest absolute Gasteiger partial charge is 0.492 e. The number of pyridine rings is 1. The highest BCUT2D eigenvalue weighted by Gasteiger charge is 2.12. The van der Waals surface area contributed by atoms with Gasteiger partial charge in [0.25, 0.3) is 0 Å². The molecule has 0 aliphatic heterocycles. The maximum absolute atomic E-state index is 5.63. The van der Waals surface area contributed by atoms with Crippen molar-refractivity contribution in [2.45, 2.75) is 33.1 Å². The van der Waals surface area contributed by atoms with Crippen LogP contribution in [0.25, 0.3) is 10.6 Å². The summed E-state index contributed by atoms with van der Waals surface area (Å²) in [4.78, 5) is 4.12. The van der Waals surface area contributed by atoms with E-state index in [1.807, 2.05) is 13.0 Å². The molecule has 1 aromatic carbocycles. The SMILES string of the molecule is CCOc1cnccc1/C(Br)=C\c1ccc(C(C)(C)C)cc1. The van der Waals surface area contributed by atoms with Gasteiger partial charge in [0, 0.05) is 16.2 Å². The lowest BCUT2D eigenvalue weighted by atomic mass is 9.87. The zero-order valence-electron chi connectivity index (χ0n) is 13.6. The summed E-state index contributed by atoms with van der Waals surface area (Å²) in [5.41, 5.74) is 3.67. The van der Waals surface area contributed by atoms with Crippen LogP contribution in [-0.2, 0) is 5.41 Å². The van der Waals surface area contributed by atoms with E-state index in [4.69, 9.17) is 4.74 Å². The molecule has 0 fully saturated rings. The first-order valence-electron chi connectivity index (χ1n) is 7.46. The number of benzene rings is 1. The van der Waals surface area contributed by atoms with Gasteiger partial charge in [-0.05, 0) is 35.6 Å². The van der Waals surface area contributed by atoms with E-state index >= 15 is 0 Å². The van der Waals surface area contributed by atoms with Gasteiger partial charge < -0.3 is 4.74 Å². The fourth-order valence-corrected chi connectivity index (χ4v) is 2.74. The number of hydrogen-bond donors (Lipinski definition) is 0. The Morgan fingerprint density at radius 2 is 1.86 bits per heavy atom. The van der Waals surface area contributed by atoms with Crippen LogP contribution in [-0.4, -0.2) is 11.6 Å². The Balaban J connectivity index is 2.29. The van der Waals surface area contributed by atoms with E-state index in [1.165, 1.54) is 5.56 Å². The molecule has 0 aliphatic rings. The zero-order valence-corrected chi connectivity index (χ0v) is 15.1. The van der Waals surface area contributed by atoms with Crippen molar-refractivity contribution in [2.24, 2.45) is 0 Å². The first-order chi connectivity index (χ1) is 10.4. The van der Waals surface area contributed by atoms with Gasteiger partial charge in [-0.1, -0.05) is 61.0 Å². The molecule has 0 amide bonds. The van der Waals surface area contributed by atoms with Crippen molar-refractivity contribution in [3.05, 3.63) is 59.4 Å². The van der Waals surface area contributed by atoms with E-state index in [-0.39, 0.29) is 5.41 Å². The van der Waals surface area contributed by atoms with Crippen molar-refractivity contribution >= 4 is 26.5 Å². The van der Waals surface area contributed by atoms with E-state index in [0.29, 0.717) is 6.61 Å². The standard InChI is InChI=1S/C19H22BrNO/c1-5-22-18-13-21-11-10-16(18)17(20)12-14-6-8-15(9-7-14)19(2,3)4/h6-13H,5H2,1-4H3/b17-12+. The third kappa shape index (κ3) is 4.20. The van der Waals surface area contributed by atoms with Crippen LogP contribution in [0.2, 0.25) is 0 Å². The predicted octanol–water partition coefficient (Wildman–Crippen LogP) is 5.67. The van der Waals surface area contributed by atoms with Gasteiger partial charge in [-0.3, -0.25) is 4.98 Å². The van der Waals surface area contributed by atoms with Crippen LogP contribution >= 0.6 is 15.9 Å². The monoisotopic (exact) mass is 359 g/mol. The summed E-state index contributed by atoms with van der Waals surface area (Å²) in [6.07, 6.45) is 5.62. The summed E-state index contributed by atoms with van der Waals surface area (Å²) >= 11 is 3.65. The van der Waals surface area contributed by atoms with Gasteiger partial charge in [0.2, 0.25) is 0 Å². The van der Waals surface area contributed by atoms with E-state index in [2.05, 4.69) is 72.0 Å². The minimum atomic E-state index is 0.173. The van der Waals surface area contributed by atoms with Gasteiger partial charge in [0.05, 0.1) is 12.8 Å². The van der Waals surface area contributed by atoms with Crippen LogP contribution in [0.15, 0.2) is 42.7 Å². The molecular formula is C19H22BrNO. The Bertz CT molecular complexity index is 654. The minimum absolute atomic E-state index is 0.173. The molecule has 2 nitrogen and oxygen atoms in total. The first-order valence-corrected chi connectivity index (χ1v) is 8.26. The van der Waals surface area contributed by atoms with Gasteiger partial charge in [-0.15, -0.1) is 0 Å². The molecule has 1 aromatic heterocycles. The van der Waals surface area contributed by atoms with Crippen molar-refractivity contribution in [2.75, 3.05) is 6.61 Å². The Morgan fingerprint density at radius 1 is 1.18 bits per heavy atom. The molecule has 116 valence electrons. The topological polar surface area (TPSA) is 22.1 Å². The Kier molecular flexibility index (Phi) is 5.41. The number of halogens is 1. The van der Waals surface area contributed by atoms with Crippen LogP contribution in [0.4, 0.5) is 0 Å². The van der Waals surface area contributed by atoms with E-state index < -0.39 is 0 Å². The minimum Gasteiger partial charge on any atom is -0.492 e. The molecule has 0 bridgehead atoms. The molecule has 0 saturated carbocycles. The third-order valence-electron chi connectivity index (χ3n) is 3.41. The Labute approximate surface area is 141 Å². The van der Waals surface area contributed by atoms with Crippen molar-refractivity contribution in [1.82, 2.24) is 4.98 Å². The molecule has 0 atom stereocenters. The molecule has 2 aromatic rings. The second-order valence-electron chi connectivity index (χ2n) is 6.17. The number of ether oxygens (including phenoxy) is 1. The van der Waals surface area contributed by atoms with Crippen LogP contribution in [0.1, 0.15) is 44.4 Å². The van der Waals surface area contributed by atoms with Crippen molar-refractivity contribution in [1.29, 1.82) is 0 Å². The first kappa shape index (κ1) is 16.8. The Hall–Kier alpha value is -1.61. The fraction of sp³-hybridized carbons (Fsp3) is 0.316. The second-order valence-corrected chi connectivity index (χ2v) is 7.02. The highest BCUT2D eigenvalue weighted by Crippen LogP contribution is 2.31. The fourth-order valence-electron chi connectivity index (χ4n) is 2.15. The summed E-state index contributed by atoms with van der Waals surface area (Å²) in [5, 5.41) is 0. The molecule has 0 unspecified atom stereocenters. The smallest absolute Gasteiger partial charge is 0.145 e. The summed E-state index contributed by atoms with van der Waals surface area (Å²) in [6.45, 7) is 9.26. The number of hydrogen-bond acceptors (Lipinski definition) is 2. The number of nitrogens with zero attached hydrogens (tertiary/aromatic N) is 1. The molecule has 3 heteroatoms. The van der Waals surface area contributed by atoms with Gasteiger partial charge in [0.15, 0.2) is 0 Å². The maximum Gasteiger partial charge on any atom is 0.145 e. The van der Waals surface area contributed by atoms with E-state index in [1.54, 1.807) is 12.4 Å². The molecule has 1 heterocycles. The summed E-state index contributed by atoms with van der Waals surface area (Å²) in [7, 11) is 0. The molecule has 0 N–H and O–H groups in total. The zero-order chi connectivity index (χ0) is 16.2. The normalized spacial score (nSPS) is 12.3. The predicted molar refractivity (Wildman–Crippen MR) is 97.3 cm³/mol. The molecule has 0 spiro atoms. The lowest BCUT2D eigenvalue weighted by Gasteiger charge is -2.18. The van der Waals surface area contributed by atoms with E-state index in [0.717, 1.165) is 21.4 Å². The molecular weight excluding hydrogens is 338 g/mol. The molecule has 22 heavy (non-hydrogen) atoms. The van der Waals surface area contributed by atoms with Gasteiger partial charge >= 0.3 is 0 Å². The van der Waals surface area contributed by atoms with Crippen LogP contribution < -0.4 is 4.74 Å². The highest BCUT2D eigenvalue weighted by molar-refractivity contribution is 9.15.